The summed E-state index contributed by atoms with van der Waals surface area (Å²) in [6.45, 7) is 4.33. The van der Waals surface area contributed by atoms with Gasteiger partial charge in [0.25, 0.3) is 0 Å². The van der Waals surface area contributed by atoms with Gasteiger partial charge in [-0.25, -0.2) is 4.39 Å². The molecule has 0 aliphatic heterocycles. The van der Waals surface area contributed by atoms with Crippen LogP contribution < -0.4 is 0 Å². The number of carbonyl (C=O) groups excluding carboxylic acids is 1. The average molecular weight is 355 g/mol. The lowest BCUT2D eigenvalue weighted by molar-refractivity contribution is -0.149. The summed E-state index contributed by atoms with van der Waals surface area (Å²) in [7, 11) is 0. The summed E-state index contributed by atoms with van der Waals surface area (Å²) in [6, 6.07) is 6.93. The number of carbonyl (C=O) groups is 1. The summed E-state index contributed by atoms with van der Waals surface area (Å²) in [5.74, 6) is 1.98. The lowest BCUT2D eigenvalue weighted by atomic mass is 9.86. The molecule has 0 spiro atoms. The maximum atomic E-state index is 13.7. The van der Waals surface area contributed by atoms with Gasteiger partial charge in [0.05, 0.1) is 18.0 Å². The Morgan fingerprint density at radius 3 is 2.65 bits per heavy atom. The Kier molecular flexibility index (Phi) is 4.68. The standard InChI is InChI=1S/C22H26FNO2/c1-3-26-22(25)13(2)14-8-15-10-17(11-16(15)9-14)19-6-7-24-21-5-4-18(23)12-20(19)21/h4-7,12-17H,3,8-11H2,1-2H3/t13?,14-,15+,16-,17-. The van der Waals surface area contributed by atoms with Gasteiger partial charge in [-0.1, -0.05) is 6.92 Å². The van der Waals surface area contributed by atoms with Crippen molar-refractivity contribution >= 4 is 16.9 Å². The molecule has 2 aliphatic rings. The van der Waals surface area contributed by atoms with E-state index in [2.05, 4.69) is 11.1 Å². The molecule has 2 aliphatic carbocycles. The normalized spacial score (nSPS) is 28.9. The zero-order valence-corrected chi connectivity index (χ0v) is 15.5. The molecule has 138 valence electrons. The number of pyridine rings is 1. The van der Waals surface area contributed by atoms with Crippen LogP contribution in [0.3, 0.4) is 0 Å². The summed E-state index contributed by atoms with van der Waals surface area (Å²) in [4.78, 5) is 16.4. The summed E-state index contributed by atoms with van der Waals surface area (Å²) in [6.07, 6.45) is 6.32. The van der Waals surface area contributed by atoms with Crippen molar-refractivity contribution < 1.29 is 13.9 Å². The third-order valence-electron chi connectivity index (χ3n) is 6.59. The number of rotatable bonds is 4. The van der Waals surface area contributed by atoms with E-state index >= 15 is 0 Å². The molecule has 4 heteroatoms. The Hall–Kier alpha value is -1.97. The molecule has 26 heavy (non-hydrogen) atoms. The molecule has 0 saturated heterocycles. The summed E-state index contributed by atoms with van der Waals surface area (Å²) in [5.41, 5.74) is 2.11. The highest BCUT2D eigenvalue weighted by Crippen LogP contribution is 2.54. The van der Waals surface area contributed by atoms with Crippen molar-refractivity contribution in [2.75, 3.05) is 6.61 Å². The van der Waals surface area contributed by atoms with Crippen LogP contribution in [-0.2, 0) is 9.53 Å². The molecule has 1 heterocycles. The van der Waals surface area contributed by atoms with Gasteiger partial charge in [-0.15, -0.1) is 0 Å². The fraction of sp³-hybridized carbons (Fsp3) is 0.545. The second kappa shape index (κ2) is 6.98. The van der Waals surface area contributed by atoms with E-state index in [9.17, 15) is 9.18 Å². The van der Waals surface area contributed by atoms with Crippen LogP contribution >= 0.6 is 0 Å². The topological polar surface area (TPSA) is 39.2 Å². The van der Waals surface area contributed by atoms with Crippen LogP contribution in [0, 0.1) is 29.5 Å². The number of hydrogen-bond donors (Lipinski definition) is 0. The molecule has 1 aromatic heterocycles. The highest BCUT2D eigenvalue weighted by atomic mass is 19.1. The quantitative estimate of drug-likeness (QED) is 0.717. The van der Waals surface area contributed by atoms with Crippen molar-refractivity contribution in [2.45, 2.75) is 45.4 Å². The van der Waals surface area contributed by atoms with Crippen molar-refractivity contribution in [2.24, 2.45) is 23.7 Å². The Morgan fingerprint density at radius 1 is 1.23 bits per heavy atom. The van der Waals surface area contributed by atoms with Crippen LogP contribution in [-0.4, -0.2) is 17.6 Å². The number of aromatic nitrogens is 1. The number of esters is 1. The highest BCUT2D eigenvalue weighted by Gasteiger charge is 2.45. The van der Waals surface area contributed by atoms with Crippen LogP contribution in [0.1, 0.15) is 51.0 Å². The Labute approximate surface area is 154 Å². The third kappa shape index (κ3) is 3.10. The second-order valence-corrected chi connectivity index (χ2v) is 8.02. The van der Waals surface area contributed by atoms with Crippen molar-refractivity contribution in [1.82, 2.24) is 4.98 Å². The van der Waals surface area contributed by atoms with Gasteiger partial charge in [0.15, 0.2) is 0 Å². The van der Waals surface area contributed by atoms with E-state index in [1.165, 1.54) is 11.6 Å². The van der Waals surface area contributed by atoms with Gasteiger partial charge in [0, 0.05) is 11.6 Å². The second-order valence-electron chi connectivity index (χ2n) is 8.02. The van der Waals surface area contributed by atoms with Gasteiger partial charge in [-0.3, -0.25) is 9.78 Å². The van der Waals surface area contributed by atoms with E-state index in [1.807, 2.05) is 20.0 Å². The molecule has 3 nitrogen and oxygen atoms in total. The molecule has 0 N–H and O–H groups in total. The Bertz CT molecular complexity index is 807. The van der Waals surface area contributed by atoms with Crippen LogP contribution in [0.25, 0.3) is 10.9 Å². The first-order valence-electron chi connectivity index (χ1n) is 9.77. The van der Waals surface area contributed by atoms with E-state index in [0.29, 0.717) is 30.3 Å². The first-order chi connectivity index (χ1) is 12.6. The lowest BCUT2D eigenvalue weighted by Crippen LogP contribution is -2.22. The Morgan fingerprint density at radius 2 is 1.96 bits per heavy atom. The number of halogens is 1. The zero-order valence-electron chi connectivity index (χ0n) is 15.5. The molecule has 2 aromatic rings. The van der Waals surface area contributed by atoms with Crippen molar-refractivity contribution in [3.63, 3.8) is 0 Å². The molecular weight excluding hydrogens is 329 g/mol. The minimum absolute atomic E-state index is 0.00477. The predicted molar refractivity (Wildman–Crippen MR) is 99.2 cm³/mol. The zero-order chi connectivity index (χ0) is 18.3. The molecule has 2 fully saturated rings. The largest absolute Gasteiger partial charge is 0.466 e. The van der Waals surface area contributed by atoms with E-state index in [1.54, 1.807) is 12.1 Å². The Balaban J connectivity index is 1.49. The minimum atomic E-state index is -0.201. The number of nitrogens with zero attached hydrogens (tertiary/aromatic N) is 1. The molecule has 0 bridgehead atoms. The first kappa shape index (κ1) is 17.4. The number of benzene rings is 1. The van der Waals surface area contributed by atoms with E-state index in [4.69, 9.17) is 4.74 Å². The van der Waals surface area contributed by atoms with Gasteiger partial charge in [-0.2, -0.15) is 0 Å². The van der Waals surface area contributed by atoms with E-state index < -0.39 is 0 Å². The highest BCUT2D eigenvalue weighted by molar-refractivity contribution is 5.82. The molecule has 0 radical (unpaired) electrons. The van der Waals surface area contributed by atoms with Gasteiger partial charge in [-0.05, 0) is 86.1 Å². The van der Waals surface area contributed by atoms with Gasteiger partial charge in [0.1, 0.15) is 5.82 Å². The smallest absolute Gasteiger partial charge is 0.308 e. The average Bonchev–Trinajstić information content (AvgIpc) is 3.19. The summed E-state index contributed by atoms with van der Waals surface area (Å²) < 4.78 is 18.9. The van der Waals surface area contributed by atoms with Gasteiger partial charge >= 0.3 is 5.97 Å². The molecule has 1 aromatic carbocycles. The van der Waals surface area contributed by atoms with E-state index in [0.717, 1.165) is 36.6 Å². The summed E-state index contributed by atoms with van der Waals surface area (Å²) >= 11 is 0. The lowest BCUT2D eigenvalue weighted by Gasteiger charge is -2.20. The fourth-order valence-corrected chi connectivity index (χ4v) is 5.29. The molecule has 2 saturated carbocycles. The molecule has 1 unspecified atom stereocenters. The van der Waals surface area contributed by atoms with Crippen LogP contribution in [0.15, 0.2) is 30.5 Å². The molecule has 0 amide bonds. The number of hydrogen-bond acceptors (Lipinski definition) is 3. The monoisotopic (exact) mass is 355 g/mol. The first-order valence-corrected chi connectivity index (χ1v) is 9.77. The fourth-order valence-electron chi connectivity index (χ4n) is 5.29. The number of fused-ring (bicyclic) bond motifs is 2. The van der Waals surface area contributed by atoms with Crippen LogP contribution in [0.2, 0.25) is 0 Å². The molecular formula is C22H26FNO2. The molecule has 5 atom stereocenters. The SMILES string of the molecule is CCOC(=O)C(C)[C@@H]1C[C@H]2C[C@@H](c3ccnc4ccc(F)cc34)C[C@H]2C1. The van der Waals surface area contributed by atoms with Crippen molar-refractivity contribution in [3.8, 4) is 0 Å². The van der Waals surface area contributed by atoms with Crippen molar-refractivity contribution in [1.29, 1.82) is 0 Å². The van der Waals surface area contributed by atoms with Gasteiger partial charge < -0.3 is 4.74 Å². The maximum Gasteiger partial charge on any atom is 0.308 e. The van der Waals surface area contributed by atoms with E-state index in [-0.39, 0.29) is 17.7 Å². The molecule has 4 rings (SSSR count). The third-order valence-corrected chi connectivity index (χ3v) is 6.59. The number of ether oxygens (including phenoxy) is 1. The van der Waals surface area contributed by atoms with Crippen LogP contribution in [0.4, 0.5) is 4.39 Å². The van der Waals surface area contributed by atoms with Gasteiger partial charge in [0.2, 0.25) is 0 Å². The van der Waals surface area contributed by atoms with Crippen LogP contribution in [0.5, 0.6) is 0 Å². The predicted octanol–water partition coefficient (Wildman–Crippen LogP) is 5.09. The minimum Gasteiger partial charge on any atom is -0.466 e. The maximum absolute atomic E-state index is 13.7. The summed E-state index contributed by atoms with van der Waals surface area (Å²) in [5, 5.41) is 0.953. The van der Waals surface area contributed by atoms with Crippen molar-refractivity contribution in [3.05, 3.63) is 41.8 Å².